The Morgan fingerprint density at radius 3 is 1.91 bits per heavy atom. The Labute approximate surface area is 221 Å². The van der Waals surface area contributed by atoms with E-state index in [0.29, 0.717) is 22.9 Å². The van der Waals surface area contributed by atoms with Gasteiger partial charge in [0, 0.05) is 46.4 Å². The van der Waals surface area contributed by atoms with Crippen molar-refractivity contribution in [3.63, 3.8) is 0 Å². The quantitative estimate of drug-likeness (QED) is 0.182. The number of nitrogens with one attached hydrogen (secondary N) is 1. The van der Waals surface area contributed by atoms with Gasteiger partial charge >= 0.3 is 0 Å². The number of phenolic OH excluding ortho intramolecular Hbond substituents is 2. The second kappa shape index (κ2) is 9.22. The molecule has 0 heterocycles. The van der Waals surface area contributed by atoms with Crippen molar-refractivity contribution in [2.24, 2.45) is 0 Å². The van der Waals surface area contributed by atoms with Crippen LogP contribution < -0.4 is 4.72 Å². The molecule has 0 aliphatic heterocycles. The SMILES string of the molecule is O=S(=O)(O)c1cc(O)c2c(NS(=O)(=O)c3ccc4cc(O)ccc4c3)ccc(S(=O)(=O)O)c2c1.[Na]. The summed E-state index contributed by atoms with van der Waals surface area (Å²) in [6.07, 6.45) is 0. The Kier molecular flexibility index (Phi) is 7.15. The zero-order chi connectivity index (χ0) is 25.1. The zero-order valence-electron chi connectivity index (χ0n) is 17.7. The van der Waals surface area contributed by atoms with E-state index in [1.54, 1.807) is 0 Å². The van der Waals surface area contributed by atoms with Crippen LogP contribution in [-0.2, 0) is 30.3 Å². The summed E-state index contributed by atoms with van der Waals surface area (Å²) in [7, 11) is -14.1. The Morgan fingerprint density at radius 2 is 1.29 bits per heavy atom. The number of phenols is 2. The van der Waals surface area contributed by atoms with Crippen molar-refractivity contribution in [3.8, 4) is 11.5 Å². The molecule has 179 valence electrons. The minimum absolute atomic E-state index is 0. The molecule has 4 rings (SSSR count). The molecule has 15 heteroatoms. The van der Waals surface area contributed by atoms with Crippen LogP contribution in [0.25, 0.3) is 21.5 Å². The molecule has 0 atom stereocenters. The van der Waals surface area contributed by atoms with Gasteiger partial charge in [-0.15, -0.1) is 0 Å². The normalized spacial score (nSPS) is 12.4. The van der Waals surface area contributed by atoms with Gasteiger partial charge in [0.1, 0.15) is 16.4 Å². The number of sulfonamides is 1. The van der Waals surface area contributed by atoms with Crippen molar-refractivity contribution in [1.82, 2.24) is 0 Å². The molecular formula is C20H15NNaO10S3. The standard InChI is InChI=1S/C20H15NO10S3.Na/c22-13-3-1-12-8-14(4-2-11(12)7-13)32(24,25)21-17-5-6-19(34(29,30)31)16-9-15(33(26,27)28)10-18(23)20(16)17;/h1-10,21-23H,(H,26,27,28)(H,29,30,31);. The van der Waals surface area contributed by atoms with E-state index in [4.69, 9.17) is 0 Å². The predicted molar refractivity (Wildman–Crippen MR) is 127 cm³/mol. The Hall–Kier alpha value is -2.43. The van der Waals surface area contributed by atoms with Crippen LogP contribution in [0.1, 0.15) is 0 Å². The van der Waals surface area contributed by atoms with Gasteiger partial charge in [-0.1, -0.05) is 12.1 Å². The van der Waals surface area contributed by atoms with Crippen LogP contribution in [0.2, 0.25) is 0 Å². The minimum atomic E-state index is -4.93. The molecule has 0 saturated carbocycles. The molecule has 0 amide bonds. The van der Waals surface area contributed by atoms with Crippen LogP contribution in [-0.4, -0.2) is 74.1 Å². The number of aromatic hydroxyl groups is 2. The molecule has 4 aromatic rings. The summed E-state index contributed by atoms with van der Waals surface area (Å²) in [4.78, 5) is -1.90. The van der Waals surface area contributed by atoms with Gasteiger partial charge in [0.15, 0.2) is 0 Å². The van der Waals surface area contributed by atoms with E-state index in [1.165, 1.54) is 36.4 Å². The van der Waals surface area contributed by atoms with Crippen LogP contribution in [0, 0.1) is 0 Å². The van der Waals surface area contributed by atoms with Gasteiger partial charge in [-0.2, -0.15) is 16.8 Å². The van der Waals surface area contributed by atoms with Crippen molar-refractivity contribution >= 4 is 87.0 Å². The van der Waals surface area contributed by atoms with Crippen molar-refractivity contribution in [3.05, 3.63) is 60.7 Å². The fraction of sp³-hybridized carbons (Fsp3) is 0. The third-order valence-corrected chi connectivity index (χ3v) is 8.06. The molecule has 0 aromatic heterocycles. The van der Waals surface area contributed by atoms with Gasteiger partial charge in [-0.3, -0.25) is 13.8 Å². The maximum atomic E-state index is 13.0. The van der Waals surface area contributed by atoms with E-state index in [0.717, 1.165) is 12.1 Å². The first kappa shape index (κ1) is 27.2. The number of hydrogen-bond donors (Lipinski definition) is 5. The molecule has 0 bridgehead atoms. The molecule has 5 N–H and O–H groups in total. The van der Waals surface area contributed by atoms with Crippen LogP contribution in [0.3, 0.4) is 0 Å². The van der Waals surface area contributed by atoms with Gasteiger partial charge < -0.3 is 10.2 Å². The molecule has 0 aliphatic carbocycles. The van der Waals surface area contributed by atoms with Crippen LogP contribution >= 0.6 is 0 Å². The maximum absolute atomic E-state index is 13.0. The average molecular weight is 549 g/mol. The van der Waals surface area contributed by atoms with Crippen molar-refractivity contribution in [2.75, 3.05) is 4.72 Å². The molecule has 35 heavy (non-hydrogen) atoms. The Bertz CT molecular complexity index is 1820. The summed E-state index contributed by atoms with van der Waals surface area (Å²) in [6.45, 7) is 0. The molecule has 0 spiro atoms. The van der Waals surface area contributed by atoms with E-state index in [2.05, 4.69) is 4.72 Å². The van der Waals surface area contributed by atoms with Crippen molar-refractivity contribution < 1.29 is 44.6 Å². The summed E-state index contributed by atoms with van der Waals surface area (Å²) in [5.41, 5.74) is -0.326. The van der Waals surface area contributed by atoms with Gasteiger partial charge in [0.2, 0.25) is 0 Å². The molecule has 0 saturated heterocycles. The fourth-order valence-electron chi connectivity index (χ4n) is 3.45. The monoisotopic (exact) mass is 548 g/mol. The van der Waals surface area contributed by atoms with Gasteiger partial charge in [0.05, 0.1) is 15.5 Å². The Morgan fingerprint density at radius 1 is 0.657 bits per heavy atom. The van der Waals surface area contributed by atoms with Crippen LogP contribution in [0.5, 0.6) is 11.5 Å². The van der Waals surface area contributed by atoms with Crippen LogP contribution in [0.15, 0.2) is 75.4 Å². The van der Waals surface area contributed by atoms with Crippen LogP contribution in [0.4, 0.5) is 5.69 Å². The van der Waals surface area contributed by atoms with Crippen molar-refractivity contribution in [2.45, 2.75) is 14.7 Å². The third-order valence-electron chi connectivity index (χ3n) is 4.95. The minimum Gasteiger partial charge on any atom is -0.508 e. The van der Waals surface area contributed by atoms with Gasteiger partial charge in [-0.05, 0) is 53.2 Å². The summed E-state index contributed by atoms with van der Waals surface area (Å²) in [5.74, 6) is -0.881. The topological polar surface area (TPSA) is 195 Å². The number of fused-ring (bicyclic) bond motifs is 2. The summed E-state index contributed by atoms with van der Waals surface area (Å²) in [5, 5.41) is 20.0. The molecular weight excluding hydrogens is 533 g/mol. The summed E-state index contributed by atoms with van der Waals surface area (Å²) < 4.78 is 93.7. The smallest absolute Gasteiger partial charge is 0.295 e. The van der Waals surface area contributed by atoms with E-state index in [1.807, 2.05) is 0 Å². The van der Waals surface area contributed by atoms with E-state index < -0.39 is 56.6 Å². The number of hydrogen-bond acceptors (Lipinski definition) is 8. The summed E-state index contributed by atoms with van der Waals surface area (Å²) >= 11 is 0. The maximum Gasteiger partial charge on any atom is 0.295 e. The molecule has 11 nitrogen and oxygen atoms in total. The Balaban J connectivity index is 0.00000342. The number of anilines is 1. The molecule has 4 aromatic carbocycles. The number of benzene rings is 4. The van der Waals surface area contributed by atoms with E-state index in [-0.39, 0.29) is 45.9 Å². The fourth-order valence-corrected chi connectivity index (χ4v) is 5.76. The summed E-state index contributed by atoms with van der Waals surface area (Å²) in [6, 6.07) is 11.4. The molecule has 1 radical (unpaired) electrons. The predicted octanol–water partition coefficient (Wildman–Crippen LogP) is 2.32. The first-order chi connectivity index (χ1) is 15.7. The molecule has 0 unspecified atom stereocenters. The number of rotatable bonds is 5. The second-order valence-corrected chi connectivity index (χ2v) is 11.7. The molecule has 0 aliphatic rings. The van der Waals surface area contributed by atoms with E-state index >= 15 is 0 Å². The molecule has 0 fully saturated rings. The van der Waals surface area contributed by atoms with Gasteiger partial charge in [-0.25, -0.2) is 8.42 Å². The first-order valence-corrected chi connectivity index (χ1v) is 13.5. The average Bonchev–Trinajstić information content (AvgIpc) is 2.71. The zero-order valence-corrected chi connectivity index (χ0v) is 22.2. The second-order valence-electron chi connectivity index (χ2n) is 7.23. The van der Waals surface area contributed by atoms with E-state index in [9.17, 15) is 44.6 Å². The first-order valence-electron chi connectivity index (χ1n) is 9.17. The largest absolute Gasteiger partial charge is 0.508 e. The van der Waals surface area contributed by atoms with Gasteiger partial charge in [0.25, 0.3) is 30.3 Å². The van der Waals surface area contributed by atoms with Crippen molar-refractivity contribution in [1.29, 1.82) is 0 Å². The third kappa shape index (κ3) is 5.39.